The molecule has 0 aliphatic heterocycles. The van der Waals surface area contributed by atoms with Crippen molar-refractivity contribution in [3.8, 4) is 0 Å². The molecule has 2 N–H and O–H groups in total. The molecule has 0 aliphatic carbocycles. The van der Waals surface area contributed by atoms with Crippen LogP contribution in [0.15, 0.2) is 0 Å². The van der Waals surface area contributed by atoms with Gasteiger partial charge in [-0.3, -0.25) is 0 Å². The van der Waals surface area contributed by atoms with Crippen LogP contribution in [0.3, 0.4) is 0 Å². The van der Waals surface area contributed by atoms with Gasteiger partial charge in [0, 0.05) is 59.8 Å². The van der Waals surface area contributed by atoms with Crippen molar-refractivity contribution in [2.45, 2.75) is 25.3 Å². The maximum Gasteiger partial charge on any atom is 0.500 e. The van der Waals surface area contributed by atoms with E-state index in [1.54, 1.807) is 21.3 Å². The highest BCUT2D eigenvalue weighted by molar-refractivity contribution is 6.60. The number of rotatable bonds is 13. The van der Waals surface area contributed by atoms with Gasteiger partial charge in [-0.25, -0.2) is 0 Å². The van der Waals surface area contributed by atoms with Crippen LogP contribution in [-0.2, 0) is 13.3 Å². The maximum absolute atomic E-state index is 9.01. The molecular weight excluding hydrogens is 314 g/mol. The average molecular weight is 346 g/mol. The Morgan fingerprint density at radius 1 is 0.810 bits per heavy atom. The quantitative estimate of drug-likeness (QED) is 0.285. The highest BCUT2D eigenvalue weighted by Crippen LogP contribution is 2.17. The van der Waals surface area contributed by atoms with Crippen LogP contribution in [0.4, 0.5) is 0 Å². The van der Waals surface area contributed by atoms with E-state index in [9.17, 15) is 0 Å². The van der Waals surface area contributed by atoms with Gasteiger partial charge in [-0.05, 0) is 0 Å². The van der Waals surface area contributed by atoms with E-state index in [2.05, 4.69) is 7.05 Å². The molecule has 8 heteroatoms. The Bertz CT molecular complexity index is 228. The normalized spacial score (nSPS) is 12.3. The Kier molecular flexibility index (Phi) is 14.3. The molecule has 0 aromatic heterocycles. The highest BCUT2D eigenvalue weighted by atomic mass is 35.5. The predicted octanol–water partition coefficient (Wildman–Crippen LogP) is -2.53. The Labute approximate surface area is 136 Å². The van der Waals surface area contributed by atoms with Crippen LogP contribution < -0.4 is 12.4 Å². The third-order valence-electron chi connectivity index (χ3n) is 3.83. The van der Waals surface area contributed by atoms with Gasteiger partial charge in [-0.1, -0.05) is 0 Å². The topological polar surface area (TPSA) is 68.2 Å². The Morgan fingerprint density at radius 3 is 1.52 bits per heavy atom. The fourth-order valence-electron chi connectivity index (χ4n) is 2.47. The second-order valence-corrected chi connectivity index (χ2v) is 8.43. The molecule has 21 heavy (non-hydrogen) atoms. The minimum atomic E-state index is -2.49. The summed E-state index contributed by atoms with van der Waals surface area (Å²) in [5.41, 5.74) is 0. The lowest BCUT2D eigenvalue weighted by Gasteiger charge is -2.35. The second kappa shape index (κ2) is 12.8. The van der Waals surface area contributed by atoms with Gasteiger partial charge in [0.2, 0.25) is 0 Å². The summed E-state index contributed by atoms with van der Waals surface area (Å²) in [6, 6.07) is 0.780. The van der Waals surface area contributed by atoms with Crippen molar-refractivity contribution in [2.75, 3.05) is 61.2 Å². The Balaban J connectivity index is 0. The number of aliphatic hydroxyl groups is 2. The summed E-state index contributed by atoms with van der Waals surface area (Å²) >= 11 is 0. The first-order valence-electron chi connectivity index (χ1n) is 7.22. The molecule has 130 valence electrons. The van der Waals surface area contributed by atoms with Gasteiger partial charge in [0.25, 0.3) is 0 Å². The van der Waals surface area contributed by atoms with E-state index in [1.807, 2.05) is 0 Å². The number of halogens is 1. The summed E-state index contributed by atoms with van der Waals surface area (Å²) < 4.78 is 17.1. The van der Waals surface area contributed by atoms with Crippen LogP contribution in [0.2, 0.25) is 6.04 Å². The monoisotopic (exact) mass is 345 g/mol. The molecule has 0 rings (SSSR count). The summed E-state index contributed by atoms with van der Waals surface area (Å²) in [6.07, 6.45) is 2.50. The molecule has 0 aromatic carbocycles. The fraction of sp³-hybridized carbons (Fsp3) is 1.00. The highest BCUT2D eigenvalue weighted by Gasteiger charge is 2.38. The van der Waals surface area contributed by atoms with Crippen LogP contribution in [0.25, 0.3) is 0 Å². The van der Waals surface area contributed by atoms with Crippen LogP contribution in [-0.4, -0.2) is 84.7 Å². The van der Waals surface area contributed by atoms with E-state index in [-0.39, 0.29) is 25.6 Å². The lowest BCUT2D eigenvalue weighted by molar-refractivity contribution is -0.910. The van der Waals surface area contributed by atoms with Crippen molar-refractivity contribution in [3.05, 3.63) is 0 Å². The molecule has 0 heterocycles. The van der Waals surface area contributed by atoms with E-state index in [0.717, 1.165) is 49.4 Å². The average Bonchev–Trinajstić information content (AvgIpc) is 2.48. The Hall–Kier alpha value is 0.267. The number of aliphatic hydroxyl groups excluding tert-OH is 2. The van der Waals surface area contributed by atoms with E-state index >= 15 is 0 Å². The third kappa shape index (κ3) is 9.10. The van der Waals surface area contributed by atoms with Gasteiger partial charge in [0.05, 0.1) is 26.7 Å². The largest absolute Gasteiger partial charge is 1.00 e. The first-order valence-corrected chi connectivity index (χ1v) is 9.15. The standard InChI is InChI=1S/C13H32NO5Si.ClH/c1-14(8-5-11-15,9-6-12-16)10-7-13-20(17-2,18-3)19-4;/h15-16H,5-13H2,1-4H3;1H/q+1;/p-1. The van der Waals surface area contributed by atoms with E-state index < -0.39 is 8.80 Å². The van der Waals surface area contributed by atoms with Gasteiger partial charge in [0.15, 0.2) is 0 Å². The summed E-state index contributed by atoms with van der Waals surface area (Å²) in [7, 11) is 4.57. The van der Waals surface area contributed by atoms with Crippen LogP contribution in [0.5, 0.6) is 0 Å². The van der Waals surface area contributed by atoms with Crippen molar-refractivity contribution < 1.29 is 40.4 Å². The van der Waals surface area contributed by atoms with Gasteiger partial charge in [-0.15, -0.1) is 0 Å². The number of nitrogens with zero attached hydrogens (tertiary/aromatic N) is 1. The molecule has 0 aromatic rings. The van der Waals surface area contributed by atoms with Gasteiger partial charge in [0.1, 0.15) is 0 Å². The zero-order valence-electron chi connectivity index (χ0n) is 13.8. The minimum absolute atomic E-state index is 0. The molecule has 0 unspecified atom stereocenters. The van der Waals surface area contributed by atoms with Crippen molar-refractivity contribution in [1.29, 1.82) is 0 Å². The maximum atomic E-state index is 9.01. The predicted molar refractivity (Wildman–Crippen MR) is 80.4 cm³/mol. The molecule has 0 bridgehead atoms. The van der Waals surface area contributed by atoms with Gasteiger partial charge in [-0.2, -0.15) is 0 Å². The smallest absolute Gasteiger partial charge is 0.500 e. The summed E-state index contributed by atoms with van der Waals surface area (Å²) in [4.78, 5) is 0. The molecule has 0 amide bonds. The molecule has 0 radical (unpaired) electrons. The van der Waals surface area contributed by atoms with E-state index in [0.29, 0.717) is 0 Å². The first-order chi connectivity index (χ1) is 9.51. The van der Waals surface area contributed by atoms with Gasteiger partial charge >= 0.3 is 8.80 Å². The molecule has 6 nitrogen and oxygen atoms in total. The third-order valence-corrected chi connectivity index (χ3v) is 6.66. The summed E-state index contributed by atoms with van der Waals surface area (Å²) in [6.45, 7) is 3.21. The van der Waals surface area contributed by atoms with Gasteiger partial charge < -0.3 is 40.4 Å². The Morgan fingerprint density at radius 2 is 1.19 bits per heavy atom. The van der Waals surface area contributed by atoms with Crippen molar-refractivity contribution >= 4 is 8.80 Å². The zero-order valence-corrected chi connectivity index (χ0v) is 15.6. The second-order valence-electron chi connectivity index (χ2n) is 5.34. The molecule has 0 fully saturated rings. The molecule has 0 saturated heterocycles. The van der Waals surface area contributed by atoms with Crippen molar-refractivity contribution in [1.82, 2.24) is 0 Å². The zero-order chi connectivity index (χ0) is 15.5. The number of hydrogen-bond acceptors (Lipinski definition) is 5. The molecular formula is C13H32ClNO5Si. The van der Waals surface area contributed by atoms with Crippen LogP contribution in [0, 0.1) is 0 Å². The fourth-order valence-corrected chi connectivity index (χ4v) is 4.18. The van der Waals surface area contributed by atoms with E-state index in [1.165, 1.54) is 0 Å². The molecule has 0 aliphatic rings. The van der Waals surface area contributed by atoms with Crippen molar-refractivity contribution in [2.24, 2.45) is 0 Å². The molecule has 0 atom stereocenters. The first kappa shape index (κ1) is 23.5. The minimum Gasteiger partial charge on any atom is -1.00 e. The molecule has 0 saturated carbocycles. The summed E-state index contributed by atoms with van der Waals surface area (Å²) in [5, 5.41) is 18.0. The number of hydrogen-bond donors (Lipinski definition) is 2. The lowest BCUT2D eigenvalue weighted by atomic mass is 10.2. The lowest BCUT2D eigenvalue weighted by Crippen LogP contribution is -3.00. The SMILES string of the molecule is CO[Si](CCC[N+](C)(CCCO)CCCO)(OC)OC.[Cl-]. The van der Waals surface area contributed by atoms with Crippen LogP contribution in [0.1, 0.15) is 19.3 Å². The number of quaternary nitrogens is 1. The van der Waals surface area contributed by atoms with Crippen LogP contribution >= 0.6 is 0 Å². The van der Waals surface area contributed by atoms with Crippen molar-refractivity contribution in [3.63, 3.8) is 0 Å². The van der Waals surface area contributed by atoms with E-state index in [4.69, 9.17) is 23.5 Å². The molecule has 0 spiro atoms. The summed E-state index contributed by atoms with van der Waals surface area (Å²) in [5.74, 6) is 0.